The van der Waals surface area contributed by atoms with Gasteiger partial charge in [-0.1, -0.05) is 29.6 Å². The van der Waals surface area contributed by atoms with E-state index in [9.17, 15) is 0 Å². The fourth-order valence-electron chi connectivity index (χ4n) is 1.12. The lowest BCUT2D eigenvalue weighted by Gasteiger charge is -1.95. The molecule has 0 saturated carbocycles. The van der Waals surface area contributed by atoms with Crippen LogP contribution in [0.4, 0.5) is 0 Å². The highest BCUT2D eigenvalue weighted by atomic mass is 32.2. The monoisotopic (exact) mass is 221 g/mol. The van der Waals surface area contributed by atoms with Gasteiger partial charge in [-0.3, -0.25) is 4.98 Å². The molecule has 14 heavy (non-hydrogen) atoms. The van der Waals surface area contributed by atoms with E-state index < -0.39 is 0 Å². The largest absolute Gasteiger partial charge is 0.264 e. The minimum Gasteiger partial charge on any atom is -0.264 e. The molecule has 1 aliphatic rings. The highest BCUT2D eigenvalue weighted by Crippen LogP contribution is 2.49. The Balaban J connectivity index is 2.16. The molecule has 2 rings (SSSR count). The predicted molar refractivity (Wildman–Crippen MR) is 65.8 cm³/mol. The van der Waals surface area contributed by atoms with E-state index in [1.165, 1.54) is 19.6 Å². The van der Waals surface area contributed by atoms with Crippen LogP contribution in [0.2, 0.25) is 0 Å². The maximum absolute atomic E-state index is 4.09. The molecule has 0 aromatic carbocycles. The first-order chi connectivity index (χ1) is 6.75. The quantitative estimate of drug-likeness (QED) is 0.708. The van der Waals surface area contributed by atoms with Gasteiger partial charge in [0.25, 0.3) is 0 Å². The molecule has 72 valence electrons. The number of nitrogens with zero attached hydrogens (tertiary/aromatic N) is 1. The molecular weight excluding hydrogens is 210 g/mol. The van der Waals surface area contributed by atoms with Gasteiger partial charge in [0.05, 0.1) is 0 Å². The number of aromatic nitrogens is 1. The Hall–Kier alpha value is -0.670. The molecule has 0 radical (unpaired) electrons. The van der Waals surface area contributed by atoms with Crippen molar-refractivity contribution in [2.75, 3.05) is 0 Å². The third kappa shape index (κ3) is 2.22. The molecule has 0 amide bonds. The molecule has 0 bridgehead atoms. The fraction of sp³-hybridized carbons (Fsp3) is 0.182. The summed E-state index contributed by atoms with van der Waals surface area (Å²) < 4.78 is 1.34. The van der Waals surface area contributed by atoms with Crippen molar-refractivity contribution in [3.63, 3.8) is 0 Å². The maximum atomic E-state index is 4.09. The Bertz CT molecular complexity index is 377. The van der Waals surface area contributed by atoms with Crippen LogP contribution in [0.1, 0.15) is 19.4 Å². The number of hydrogen-bond donors (Lipinski definition) is 0. The molecular formula is C11H11NS2. The average molecular weight is 221 g/mol. The van der Waals surface area contributed by atoms with Crippen LogP contribution < -0.4 is 0 Å². The third-order valence-corrected chi connectivity index (χ3v) is 4.46. The minimum atomic E-state index is 1.17. The molecule has 0 atom stereocenters. The molecule has 1 aliphatic heterocycles. The van der Waals surface area contributed by atoms with Crippen LogP contribution in [0, 0.1) is 0 Å². The highest BCUT2D eigenvalue weighted by Gasteiger charge is 2.13. The van der Waals surface area contributed by atoms with E-state index >= 15 is 0 Å². The molecule has 0 aliphatic carbocycles. The van der Waals surface area contributed by atoms with Crippen molar-refractivity contribution in [1.82, 2.24) is 4.98 Å². The van der Waals surface area contributed by atoms with Crippen LogP contribution in [-0.2, 0) is 0 Å². The van der Waals surface area contributed by atoms with Gasteiger partial charge >= 0.3 is 0 Å². The summed E-state index contributed by atoms with van der Waals surface area (Å²) in [6, 6.07) is 4.04. The van der Waals surface area contributed by atoms with Gasteiger partial charge in [-0.15, -0.1) is 0 Å². The van der Waals surface area contributed by atoms with Gasteiger partial charge in [0.1, 0.15) is 0 Å². The van der Waals surface area contributed by atoms with E-state index in [-0.39, 0.29) is 0 Å². The highest BCUT2D eigenvalue weighted by molar-refractivity contribution is 8.28. The second kappa shape index (κ2) is 4.24. The summed E-state index contributed by atoms with van der Waals surface area (Å²) in [7, 11) is 0. The summed E-state index contributed by atoms with van der Waals surface area (Å²) in [5.41, 5.74) is 1.17. The predicted octanol–water partition coefficient (Wildman–Crippen LogP) is 4.11. The number of hydrogen-bond acceptors (Lipinski definition) is 3. The number of thioether (sulfide) groups is 2. The SMILES string of the molecule is CC1=C(C)SC(=Cc2cccnc2)S1. The third-order valence-electron chi connectivity index (χ3n) is 1.97. The normalized spacial score (nSPS) is 16.3. The van der Waals surface area contributed by atoms with Gasteiger partial charge in [0.2, 0.25) is 0 Å². The molecule has 0 N–H and O–H groups in total. The van der Waals surface area contributed by atoms with Crippen molar-refractivity contribution < 1.29 is 0 Å². The van der Waals surface area contributed by atoms with E-state index in [1.54, 1.807) is 6.20 Å². The summed E-state index contributed by atoms with van der Waals surface area (Å²) in [6.07, 6.45) is 5.87. The van der Waals surface area contributed by atoms with Crippen molar-refractivity contribution in [2.45, 2.75) is 13.8 Å². The topological polar surface area (TPSA) is 12.9 Å². The number of pyridine rings is 1. The van der Waals surface area contributed by atoms with E-state index in [2.05, 4.69) is 31.0 Å². The minimum absolute atomic E-state index is 1.17. The smallest absolute Gasteiger partial charge is 0.0499 e. The van der Waals surface area contributed by atoms with E-state index in [0.29, 0.717) is 0 Å². The molecule has 2 heterocycles. The van der Waals surface area contributed by atoms with Crippen LogP contribution in [0.25, 0.3) is 6.08 Å². The summed E-state index contributed by atoms with van der Waals surface area (Å²) in [6.45, 7) is 4.33. The van der Waals surface area contributed by atoms with Crippen molar-refractivity contribution in [1.29, 1.82) is 0 Å². The first-order valence-corrected chi connectivity index (χ1v) is 6.04. The molecule has 0 spiro atoms. The second-order valence-electron chi connectivity index (χ2n) is 3.07. The molecule has 0 saturated heterocycles. The lowest BCUT2D eigenvalue weighted by Crippen LogP contribution is -1.73. The summed E-state index contributed by atoms with van der Waals surface area (Å²) in [5.74, 6) is 0. The maximum Gasteiger partial charge on any atom is 0.0499 e. The fourth-order valence-corrected chi connectivity index (χ4v) is 3.57. The average Bonchev–Trinajstić information content (AvgIpc) is 2.47. The van der Waals surface area contributed by atoms with Gasteiger partial charge in [-0.25, -0.2) is 0 Å². The van der Waals surface area contributed by atoms with Crippen molar-refractivity contribution >= 4 is 29.6 Å². The van der Waals surface area contributed by atoms with Gasteiger partial charge in [-0.2, -0.15) is 0 Å². The Morgan fingerprint density at radius 3 is 2.50 bits per heavy atom. The zero-order chi connectivity index (χ0) is 9.97. The van der Waals surface area contributed by atoms with Crippen LogP contribution in [0.5, 0.6) is 0 Å². The van der Waals surface area contributed by atoms with Gasteiger partial charge in [0.15, 0.2) is 0 Å². The summed E-state index contributed by atoms with van der Waals surface area (Å²) in [5, 5.41) is 0. The van der Waals surface area contributed by atoms with E-state index in [1.807, 2.05) is 35.8 Å². The molecule has 1 aromatic heterocycles. The molecule has 3 heteroatoms. The summed E-state index contributed by atoms with van der Waals surface area (Å²) in [4.78, 5) is 6.90. The number of allylic oxidation sites excluding steroid dienone is 2. The van der Waals surface area contributed by atoms with Crippen LogP contribution >= 0.6 is 23.5 Å². The lowest BCUT2D eigenvalue weighted by molar-refractivity contribution is 1.32. The molecule has 0 unspecified atom stereocenters. The van der Waals surface area contributed by atoms with Crippen molar-refractivity contribution in [3.8, 4) is 0 Å². The Morgan fingerprint density at radius 1 is 1.21 bits per heavy atom. The Kier molecular flexibility index (Phi) is 2.99. The van der Waals surface area contributed by atoms with Crippen molar-refractivity contribution in [3.05, 3.63) is 44.1 Å². The zero-order valence-electron chi connectivity index (χ0n) is 8.15. The Labute approximate surface area is 92.7 Å². The molecule has 1 aromatic rings. The molecule has 0 fully saturated rings. The Morgan fingerprint density at radius 2 is 1.93 bits per heavy atom. The van der Waals surface area contributed by atoms with Gasteiger partial charge in [-0.05, 0) is 41.4 Å². The van der Waals surface area contributed by atoms with Gasteiger partial charge in [0, 0.05) is 16.6 Å². The zero-order valence-corrected chi connectivity index (χ0v) is 9.78. The summed E-state index contributed by atoms with van der Waals surface area (Å²) >= 11 is 3.69. The lowest BCUT2D eigenvalue weighted by atomic mass is 10.3. The van der Waals surface area contributed by atoms with E-state index in [0.717, 1.165) is 0 Å². The van der Waals surface area contributed by atoms with Crippen LogP contribution in [0.15, 0.2) is 38.6 Å². The first-order valence-electron chi connectivity index (χ1n) is 4.40. The second-order valence-corrected chi connectivity index (χ2v) is 5.84. The number of rotatable bonds is 1. The van der Waals surface area contributed by atoms with Crippen LogP contribution in [-0.4, -0.2) is 4.98 Å². The first kappa shape index (κ1) is 9.87. The standard InChI is InChI=1S/C11H11NS2/c1-8-9(2)14-11(13-8)6-10-4-3-5-12-7-10/h3-7H,1-2H3. The van der Waals surface area contributed by atoms with Gasteiger partial charge < -0.3 is 0 Å². The van der Waals surface area contributed by atoms with Crippen molar-refractivity contribution in [2.24, 2.45) is 0 Å². The van der Waals surface area contributed by atoms with Crippen LogP contribution in [0.3, 0.4) is 0 Å². The van der Waals surface area contributed by atoms with E-state index in [4.69, 9.17) is 0 Å². The molecule has 1 nitrogen and oxygen atoms in total.